The highest BCUT2D eigenvalue weighted by atomic mass is 15.4. The van der Waals surface area contributed by atoms with Crippen LogP contribution < -0.4 is 11.1 Å². The Labute approximate surface area is 84.9 Å². The topological polar surface area (TPSA) is 75.1 Å². The zero-order chi connectivity index (χ0) is 10.6. The van der Waals surface area contributed by atoms with Crippen molar-refractivity contribution < 1.29 is 0 Å². The number of nitrogens with two attached hydrogens (primary N) is 1. The molecule has 0 aromatic rings. The van der Waals surface area contributed by atoms with E-state index in [0.29, 0.717) is 11.8 Å². The van der Waals surface area contributed by atoms with Crippen molar-refractivity contribution in [2.45, 2.75) is 32.7 Å². The van der Waals surface area contributed by atoms with Gasteiger partial charge < -0.3 is 11.1 Å². The predicted octanol–water partition coefficient (Wildman–Crippen LogP) is 1.12. The average Bonchev–Trinajstić information content (AvgIpc) is 2.53. The normalized spacial score (nSPS) is 24.8. The van der Waals surface area contributed by atoms with Gasteiger partial charge in [-0.3, -0.25) is 0 Å². The third kappa shape index (κ3) is 3.83. The Kier molecular flexibility index (Phi) is 3.57. The third-order valence-corrected chi connectivity index (χ3v) is 1.98. The molecule has 5 heteroatoms. The minimum absolute atomic E-state index is 0.183. The maximum atomic E-state index is 5.76. The first-order chi connectivity index (χ1) is 6.49. The van der Waals surface area contributed by atoms with Crippen molar-refractivity contribution >= 4 is 5.84 Å². The summed E-state index contributed by atoms with van der Waals surface area (Å²) in [5, 5.41) is 14.9. The zero-order valence-electron chi connectivity index (χ0n) is 9.12. The molecule has 1 aliphatic heterocycles. The van der Waals surface area contributed by atoms with E-state index >= 15 is 0 Å². The summed E-state index contributed by atoms with van der Waals surface area (Å²) in [5.74, 6) is 0.914. The van der Waals surface area contributed by atoms with Gasteiger partial charge >= 0.3 is 0 Å². The highest BCUT2D eigenvalue weighted by molar-refractivity contribution is 5.83. The third-order valence-electron chi connectivity index (χ3n) is 1.98. The number of hydrogen-bond acceptors (Lipinski definition) is 3. The number of nitrogens with zero attached hydrogens (tertiary/aromatic N) is 3. The molecule has 0 aliphatic carbocycles. The Balaban J connectivity index is 2.47. The maximum absolute atomic E-state index is 5.76. The van der Waals surface area contributed by atoms with Gasteiger partial charge in [-0.1, -0.05) is 0 Å². The van der Waals surface area contributed by atoms with Gasteiger partial charge in [0.25, 0.3) is 0 Å². The van der Waals surface area contributed by atoms with E-state index in [9.17, 15) is 0 Å². The minimum atomic E-state index is -0.183. The van der Waals surface area contributed by atoms with Crippen LogP contribution in [0.5, 0.6) is 0 Å². The molecule has 0 bridgehead atoms. The molecule has 1 heterocycles. The van der Waals surface area contributed by atoms with Crippen molar-refractivity contribution in [3.05, 3.63) is 0 Å². The van der Waals surface area contributed by atoms with Crippen LogP contribution in [0.15, 0.2) is 15.4 Å². The largest absolute Gasteiger partial charge is 0.385 e. The minimum Gasteiger partial charge on any atom is -0.385 e. The average molecular weight is 197 g/mol. The van der Waals surface area contributed by atoms with Gasteiger partial charge in [0.1, 0.15) is 5.84 Å². The van der Waals surface area contributed by atoms with Gasteiger partial charge in [0.05, 0.1) is 5.54 Å². The van der Waals surface area contributed by atoms with Gasteiger partial charge in [0.2, 0.25) is 0 Å². The standard InChI is InChI=1S/C9H19N5/c1-9(2,3)13-14-12-8(10)7-4-5-11-6-7/h7,11H,4-6H2,1-3H3,(H2,10,12,13)/t7-/m1/s1. The van der Waals surface area contributed by atoms with E-state index in [1.807, 2.05) is 20.8 Å². The van der Waals surface area contributed by atoms with Crippen molar-refractivity contribution in [1.82, 2.24) is 5.32 Å². The summed E-state index contributed by atoms with van der Waals surface area (Å²) < 4.78 is 0. The van der Waals surface area contributed by atoms with Crippen molar-refractivity contribution in [3.63, 3.8) is 0 Å². The maximum Gasteiger partial charge on any atom is 0.128 e. The molecule has 0 spiro atoms. The monoisotopic (exact) mass is 197 g/mol. The Morgan fingerprint density at radius 2 is 2.14 bits per heavy atom. The molecule has 1 saturated heterocycles. The molecule has 0 unspecified atom stereocenters. The van der Waals surface area contributed by atoms with E-state index in [1.165, 1.54) is 0 Å². The van der Waals surface area contributed by atoms with Crippen LogP contribution in [0.2, 0.25) is 0 Å². The second kappa shape index (κ2) is 4.50. The number of hydrogen-bond donors (Lipinski definition) is 2. The first-order valence-electron chi connectivity index (χ1n) is 4.95. The number of amidine groups is 1. The molecule has 5 nitrogen and oxygen atoms in total. The molecule has 0 aromatic carbocycles. The number of rotatable bonds is 2. The van der Waals surface area contributed by atoms with Crippen molar-refractivity contribution in [2.75, 3.05) is 13.1 Å². The van der Waals surface area contributed by atoms with E-state index in [1.54, 1.807) is 0 Å². The summed E-state index contributed by atoms with van der Waals surface area (Å²) >= 11 is 0. The quantitative estimate of drug-likeness (QED) is 0.301. The molecular weight excluding hydrogens is 178 g/mol. The number of nitrogens with one attached hydrogen (secondary N) is 1. The van der Waals surface area contributed by atoms with Gasteiger partial charge in [-0.05, 0) is 39.0 Å². The molecule has 1 atom stereocenters. The Morgan fingerprint density at radius 1 is 1.43 bits per heavy atom. The lowest BCUT2D eigenvalue weighted by molar-refractivity contribution is 0.540. The Bertz CT molecular complexity index is 232. The van der Waals surface area contributed by atoms with Gasteiger partial charge in [0.15, 0.2) is 0 Å². The Morgan fingerprint density at radius 3 is 2.64 bits per heavy atom. The molecule has 0 amide bonds. The van der Waals surface area contributed by atoms with Gasteiger partial charge in [-0.15, -0.1) is 5.10 Å². The highest BCUT2D eigenvalue weighted by Gasteiger charge is 2.18. The first kappa shape index (κ1) is 11.1. The van der Waals surface area contributed by atoms with Crippen LogP contribution in [-0.4, -0.2) is 24.5 Å². The van der Waals surface area contributed by atoms with E-state index in [2.05, 4.69) is 20.8 Å². The smallest absolute Gasteiger partial charge is 0.128 e. The van der Waals surface area contributed by atoms with Crippen molar-refractivity contribution in [2.24, 2.45) is 27.1 Å². The van der Waals surface area contributed by atoms with Crippen LogP contribution in [0.4, 0.5) is 0 Å². The first-order valence-corrected chi connectivity index (χ1v) is 4.95. The fourth-order valence-electron chi connectivity index (χ4n) is 1.20. The fourth-order valence-corrected chi connectivity index (χ4v) is 1.20. The summed E-state index contributed by atoms with van der Waals surface area (Å²) in [7, 11) is 0. The van der Waals surface area contributed by atoms with Crippen LogP contribution in [0.3, 0.4) is 0 Å². The van der Waals surface area contributed by atoms with Gasteiger partial charge in [-0.25, -0.2) is 0 Å². The second-order valence-electron chi connectivity index (χ2n) is 4.57. The molecule has 1 aliphatic rings. The van der Waals surface area contributed by atoms with Crippen LogP contribution in [0.1, 0.15) is 27.2 Å². The summed E-state index contributed by atoms with van der Waals surface area (Å²) in [5.41, 5.74) is 5.58. The highest BCUT2D eigenvalue weighted by Crippen LogP contribution is 2.09. The molecule has 1 fully saturated rings. The molecule has 80 valence electrons. The van der Waals surface area contributed by atoms with Crippen LogP contribution in [0.25, 0.3) is 0 Å². The van der Waals surface area contributed by atoms with E-state index in [0.717, 1.165) is 19.5 Å². The van der Waals surface area contributed by atoms with E-state index < -0.39 is 0 Å². The van der Waals surface area contributed by atoms with Gasteiger partial charge in [-0.2, -0.15) is 5.11 Å². The van der Waals surface area contributed by atoms with Crippen LogP contribution >= 0.6 is 0 Å². The SMILES string of the molecule is CC(C)(C)N=N/N=C(\N)[C@@H]1CCNC1. The molecule has 0 radical (unpaired) electrons. The lowest BCUT2D eigenvalue weighted by Crippen LogP contribution is -2.25. The van der Waals surface area contributed by atoms with E-state index in [4.69, 9.17) is 5.73 Å². The zero-order valence-corrected chi connectivity index (χ0v) is 9.12. The second-order valence-corrected chi connectivity index (χ2v) is 4.57. The molecule has 1 rings (SSSR count). The van der Waals surface area contributed by atoms with Crippen molar-refractivity contribution in [1.29, 1.82) is 0 Å². The molecular formula is C9H19N5. The molecule has 0 saturated carbocycles. The van der Waals surface area contributed by atoms with Crippen molar-refractivity contribution in [3.8, 4) is 0 Å². The van der Waals surface area contributed by atoms with E-state index in [-0.39, 0.29) is 5.54 Å². The fraction of sp³-hybridized carbons (Fsp3) is 0.889. The summed E-state index contributed by atoms with van der Waals surface area (Å²) in [6, 6.07) is 0. The summed E-state index contributed by atoms with van der Waals surface area (Å²) in [6.07, 6.45) is 1.04. The molecule has 0 aromatic heterocycles. The molecule has 14 heavy (non-hydrogen) atoms. The van der Waals surface area contributed by atoms with Crippen LogP contribution in [-0.2, 0) is 0 Å². The summed E-state index contributed by atoms with van der Waals surface area (Å²) in [4.78, 5) is 0. The van der Waals surface area contributed by atoms with Crippen LogP contribution in [0, 0.1) is 5.92 Å². The summed E-state index contributed by atoms with van der Waals surface area (Å²) in [6.45, 7) is 7.83. The lowest BCUT2D eigenvalue weighted by Gasteiger charge is -2.08. The Hall–Kier alpha value is -0.970. The lowest BCUT2D eigenvalue weighted by atomic mass is 10.1. The molecule has 3 N–H and O–H groups in total. The predicted molar refractivity (Wildman–Crippen MR) is 57.2 cm³/mol. The van der Waals surface area contributed by atoms with Gasteiger partial charge in [0, 0.05) is 12.5 Å².